The second-order valence-corrected chi connectivity index (χ2v) is 15.1. The summed E-state index contributed by atoms with van der Waals surface area (Å²) >= 11 is 12.6. The molecule has 4 aromatic rings. The Bertz CT molecular complexity index is 1880. The highest BCUT2D eigenvalue weighted by molar-refractivity contribution is 7.92. The second kappa shape index (κ2) is 16.1. The van der Waals surface area contributed by atoms with E-state index in [4.69, 9.17) is 27.9 Å². The highest BCUT2D eigenvalue weighted by Gasteiger charge is 2.36. The maximum absolute atomic E-state index is 14.8. The van der Waals surface area contributed by atoms with Gasteiger partial charge in [-0.25, -0.2) is 8.42 Å². The summed E-state index contributed by atoms with van der Waals surface area (Å²) in [6.45, 7) is 3.08. The van der Waals surface area contributed by atoms with E-state index >= 15 is 0 Å². The Hall–Kier alpha value is -4.05. The molecule has 1 fully saturated rings. The number of methoxy groups -OCH3 is 1. The Kier molecular flexibility index (Phi) is 11.9. The number of aryl methyl sites for hydroxylation is 2. The first-order chi connectivity index (χ1) is 23.5. The topological polar surface area (TPSA) is 96.0 Å². The zero-order chi connectivity index (χ0) is 35.1. The first kappa shape index (κ1) is 36.2. The van der Waals surface area contributed by atoms with Crippen molar-refractivity contribution in [2.24, 2.45) is 0 Å². The number of halogens is 2. The predicted octanol–water partition coefficient (Wildman–Crippen LogP) is 7.51. The summed E-state index contributed by atoms with van der Waals surface area (Å²) in [5, 5.41) is 3.83. The van der Waals surface area contributed by atoms with E-state index in [2.05, 4.69) is 5.32 Å². The SMILES string of the molecule is COc1ccc(C)cc1N(CC(=O)N(Cc1ccc(Cl)c(Cl)c1)[C@H](Cc1ccccc1)C(=O)NC1CCCC1)S(=O)(=O)c1ccc(C)cc1. The lowest BCUT2D eigenvalue weighted by Gasteiger charge is -2.34. The average molecular weight is 723 g/mol. The number of ether oxygens (including phenoxy) is 1. The highest BCUT2D eigenvalue weighted by Crippen LogP contribution is 2.34. The van der Waals surface area contributed by atoms with Crippen LogP contribution in [0.15, 0.2) is 95.9 Å². The maximum atomic E-state index is 14.8. The van der Waals surface area contributed by atoms with Crippen LogP contribution < -0.4 is 14.4 Å². The summed E-state index contributed by atoms with van der Waals surface area (Å²) in [7, 11) is -2.84. The number of nitrogens with zero attached hydrogens (tertiary/aromatic N) is 2. The third-order valence-corrected chi connectivity index (χ3v) is 11.3. The number of hydrogen-bond acceptors (Lipinski definition) is 5. The first-order valence-corrected chi connectivity index (χ1v) is 18.5. The van der Waals surface area contributed by atoms with E-state index in [0.717, 1.165) is 46.7 Å². The standard InChI is InChI=1S/C38H41Cl2N3O5S/c1-26-13-17-31(18-14-26)49(46,47)43(34-21-27(2)15-20-36(34)48-3)25-37(44)42(24-29-16-19-32(39)33(40)22-29)35(23-28-9-5-4-6-10-28)38(45)41-30-11-7-8-12-30/h4-6,9-10,13-22,30,35H,7-8,11-12,23-25H2,1-3H3,(H,41,45)/t35-/m1/s1. The normalized spacial score (nSPS) is 13.9. The molecule has 1 atom stereocenters. The summed E-state index contributed by atoms with van der Waals surface area (Å²) in [5.41, 5.74) is 3.36. The van der Waals surface area contributed by atoms with Gasteiger partial charge in [0.05, 0.1) is 27.7 Å². The number of nitrogens with one attached hydrogen (secondary N) is 1. The van der Waals surface area contributed by atoms with Gasteiger partial charge in [0.2, 0.25) is 11.8 Å². The molecule has 8 nitrogen and oxygen atoms in total. The molecule has 1 saturated carbocycles. The molecule has 1 aliphatic carbocycles. The average Bonchev–Trinajstić information content (AvgIpc) is 3.60. The van der Waals surface area contributed by atoms with E-state index in [-0.39, 0.29) is 41.2 Å². The molecule has 49 heavy (non-hydrogen) atoms. The minimum absolute atomic E-state index is 0.00247. The molecule has 0 spiro atoms. The molecule has 4 aromatic carbocycles. The molecule has 0 saturated heterocycles. The molecule has 1 aliphatic rings. The van der Waals surface area contributed by atoms with Crippen LogP contribution in [-0.4, -0.2) is 50.9 Å². The Morgan fingerprint density at radius 1 is 0.857 bits per heavy atom. The van der Waals surface area contributed by atoms with Crippen LogP contribution >= 0.6 is 23.2 Å². The van der Waals surface area contributed by atoms with Crippen LogP contribution in [0.2, 0.25) is 10.0 Å². The zero-order valence-electron chi connectivity index (χ0n) is 27.9. The predicted molar refractivity (Wildman–Crippen MR) is 195 cm³/mol. The molecule has 0 bridgehead atoms. The smallest absolute Gasteiger partial charge is 0.264 e. The van der Waals surface area contributed by atoms with Gasteiger partial charge < -0.3 is 15.0 Å². The van der Waals surface area contributed by atoms with Gasteiger partial charge in [-0.15, -0.1) is 0 Å². The summed E-state index contributed by atoms with van der Waals surface area (Å²) in [4.78, 5) is 30.5. The van der Waals surface area contributed by atoms with E-state index in [1.54, 1.807) is 48.5 Å². The number of anilines is 1. The lowest BCUT2D eigenvalue weighted by atomic mass is 10.0. The largest absolute Gasteiger partial charge is 0.495 e. The van der Waals surface area contributed by atoms with Crippen molar-refractivity contribution in [3.05, 3.63) is 123 Å². The van der Waals surface area contributed by atoms with Crippen molar-refractivity contribution in [2.75, 3.05) is 18.0 Å². The van der Waals surface area contributed by atoms with E-state index in [0.29, 0.717) is 15.6 Å². The van der Waals surface area contributed by atoms with Crippen molar-refractivity contribution in [3.63, 3.8) is 0 Å². The van der Waals surface area contributed by atoms with Crippen molar-refractivity contribution in [2.45, 2.75) is 69.5 Å². The molecule has 0 aliphatic heterocycles. The van der Waals surface area contributed by atoms with Crippen LogP contribution in [0.4, 0.5) is 5.69 Å². The molecular weight excluding hydrogens is 681 g/mol. The van der Waals surface area contributed by atoms with Crippen molar-refractivity contribution < 1.29 is 22.7 Å². The lowest BCUT2D eigenvalue weighted by Crippen LogP contribution is -2.54. The Balaban J connectivity index is 1.61. The van der Waals surface area contributed by atoms with Crippen LogP contribution in [0.25, 0.3) is 0 Å². The minimum atomic E-state index is -4.29. The molecule has 5 rings (SSSR count). The van der Waals surface area contributed by atoms with E-state index in [9.17, 15) is 18.0 Å². The van der Waals surface area contributed by atoms with Crippen molar-refractivity contribution in [3.8, 4) is 5.75 Å². The fraction of sp³-hybridized carbons (Fsp3) is 0.316. The number of carbonyl (C=O) groups excluding carboxylic acids is 2. The number of rotatable bonds is 13. The molecular formula is C38H41Cl2N3O5S. The number of hydrogen-bond donors (Lipinski definition) is 1. The molecule has 0 heterocycles. The molecule has 1 N–H and O–H groups in total. The van der Waals surface area contributed by atoms with E-state index in [1.807, 2.05) is 44.2 Å². The summed E-state index contributed by atoms with van der Waals surface area (Å²) < 4.78 is 35.6. The molecule has 258 valence electrons. The summed E-state index contributed by atoms with van der Waals surface area (Å²) in [5.74, 6) is -0.594. The van der Waals surface area contributed by atoms with Gasteiger partial charge in [-0.3, -0.25) is 13.9 Å². The molecule has 0 radical (unpaired) electrons. The number of benzene rings is 4. The van der Waals surface area contributed by atoms with Gasteiger partial charge in [-0.2, -0.15) is 0 Å². The van der Waals surface area contributed by atoms with Crippen molar-refractivity contribution in [1.29, 1.82) is 0 Å². The fourth-order valence-electron chi connectivity index (χ4n) is 6.10. The first-order valence-electron chi connectivity index (χ1n) is 16.3. The highest BCUT2D eigenvalue weighted by atomic mass is 35.5. The second-order valence-electron chi connectivity index (χ2n) is 12.5. The summed E-state index contributed by atoms with van der Waals surface area (Å²) in [6.07, 6.45) is 3.97. The van der Waals surface area contributed by atoms with Crippen LogP contribution in [0.3, 0.4) is 0 Å². The van der Waals surface area contributed by atoms with Gasteiger partial charge in [-0.05, 0) is 79.8 Å². The molecule has 2 amide bonds. The molecule has 0 aromatic heterocycles. The Morgan fingerprint density at radius 2 is 1.53 bits per heavy atom. The van der Waals surface area contributed by atoms with Gasteiger partial charge in [-0.1, -0.05) is 96.2 Å². The maximum Gasteiger partial charge on any atom is 0.264 e. The number of carbonyl (C=O) groups is 2. The van der Waals surface area contributed by atoms with Gasteiger partial charge >= 0.3 is 0 Å². The van der Waals surface area contributed by atoms with Gasteiger partial charge in [0.25, 0.3) is 10.0 Å². The quantitative estimate of drug-likeness (QED) is 0.154. The monoisotopic (exact) mass is 721 g/mol. The van der Waals surface area contributed by atoms with Crippen molar-refractivity contribution in [1.82, 2.24) is 10.2 Å². The molecule has 11 heteroatoms. The van der Waals surface area contributed by atoms with Gasteiger partial charge in [0, 0.05) is 19.0 Å². The minimum Gasteiger partial charge on any atom is -0.495 e. The number of sulfonamides is 1. The van der Waals surface area contributed by atoms with Crippen LogP contribution in [-0.2, 0) is 32.6 Å². The van der Waals surface area contributed by atoms with Crippen molar-refractivity contribution >= 4 is 50.7 Å². The van der Waals surface area contributed by atoms with Crippen LogP contribution in [0.1, 0.15) is 47.9 Å². The number of amides is 2. The fourth-order valence-corrected chi connectivity index (χ4v) is 7.84. The van der Waals surface area contributed by atoms with Crippen LogP contribution in [0, 0.1) is 13.8 Å². The van der Waals surface area contributed by atoms with E-state index < -0.39 is 28.5 Å². The third-order valence-electron chi connectivity index (χ3n) is 8.80. The van der Waals surface area contributed by atoms with Gasteiger partial charge in [0.1, 0.15) is 18.3 Å². The zero-order valence-corrected chi connectivity index (χ0v) is 30.2. The van der Waals surface area contributed by atoms with Gasteiger partial charge in [0.15, 0.2) is 0 Å². The van der Waals surface area contributed by atoms with Crippen LogP contribution in [0.5, 0.6) is 5.75 Å². The Morgan fingerprint density at radius 3 is 2.18 bits per heavy atom. The summed E-state index contributed by atoms with van der Waals surface area (Å²) in [6, 6.07) is 25.1. The molecule has 0 unspecified atom stereocenters. The van der Waals surface area contributed by atoms with E-state index in [1.165, 1.54) is 24.1 Å². The third kappa shape index (κ3) is 8.95. The lowest BCUT2D eigenvalue weighted by molar-refractivity contribution is -0.140. The Labute approximate surface area is 299 Å².